The third-order valence-corrected chi connectivity index (χ3v) is 2.93. The molecule has 5 heteroatoms. The van der Waals surface area contributed by atoms with Crippen LogP contribution in [0.1, 0.15) is 11.4 Å². The minimum absolute atomic E-state index is 0.245. The number of aromatic hydroxyl groups is 1. The number of pyridine rings is 1. The largest absolute Gasteiger partial charge is 0.508 e. The van der Waals surface area contributed by atoms with E-state index in [9.17, 15) is 5.11 Å². The Balaban J connectivity index is 1.98. The number of rotatable bonds is 2. The van der Waals surface area contributed by atoms with Crippen molar-refractivity contribution in [2.24, 2.45) is 0 Å². The van der Waals surface area contributed by atoms with Gasteiger partial charge in [-0.1, -0.05) is 23.7 Å². The molecule has 1 N–H and O–H groups in total. The molecule has 4 nitrogen and oxygen atoms in total. The number of phenols is 1. The van der Waals surface area contributed by atoms with E-state index in [0.717, 1.165) is 5.56 Å². The number of fused-ring (bicyclic) bond motifs is 1. The molecule has 0 saturated heterocycles. The third-order valence-electron chi connectivity index (χ3n) is 2.63. The van der Waals surface area contributed by atoms with Crippen LogP contribution >= 0.6 is 11.6 Å². The van der Waals surface area contributed by atoms with Crippen molar-refractivity contribution in [2.75, 3.05) is 0 Å². The summed E-state index contributed by atoms with van der Waals surface area (Å²) in [6.07, 6.45) is 2.37. The van der Waals surface area contributed by atoms with Crippen molar-refractivity contribution in [3.63, 3.8) is 0 Å². The number of phenolic OH excluding ortho intramolecular Hbond substituents is 1. The second-order valence-electron chi connectivity index (χ2n) is 4.00. The standard InChI is InChI=1S/C13H10ClN3O/c14-11-5-2-6-17-13(11)15-12(16-17)8-9-3-1-4-10(18)7-9/h1-7,18H,8H2. The zero-order valence-electron chi connectivity index (χ0n) is 9.42. The van der Waals surface area contributed by atoms with Gasteiger partial charge in [0.05, 0.1) is 5.02 Å². The summed E-state index contributed by atoms with van der Waals surface area (Å²) in [6, 6.07) is 10.7. The molecule has 1 aromatic carbocycles. The van der Waals surface area contributed by atoms with Gasteiger partial charge in [0.1, 0.15) is 5.75 Å². The smallest absolute Gasteiger partial charge is 0.174 e. The van der Waals surface area contributed by atoms with Crippen LogP contribution in [0.15, 0.2) is 42.6 Å². The molecule has 0 saturated carbocycles. The first-order valence-electron chi connectivity index (χ1n) is 5.50. The van der Waals surface area contributed by atoms with Crippen LogP contribution in [-0.2, 0) is 6.42 Å². The Morgan fingerprint density at radius 3 is 2.89 bits per heavy atom. The van der Waals surface area contributed by atoms with Gasteiger partial charge in [-0.2, -0.15) is 5.10 Å². The van der Waals surface area contributed by atoms with Gasteiger partial charge in [0, 0.05) is 12.6 Å². The maximum atomic E-state index is 9.41. The van der Waals surface area contributed by atoms with E-state index in [0.29, 0.717) is 22.9 Å². The molecule has 0 aliphatic heterocycles. The molecule has 3 rings (SSSR count). The lowest BCUT2D eigenvalue weighted by atomic mass is 10.1. The molecular weight excluding hydrogens is 250 g/mol. The quantitative estimate of drug-likeness (QED) is 0.770. The number of halogens is 1. The van der Waals surface area contributed by atoms with Crippen molar-refractivity contribution < 1.29 is 5.11 Å². The highest BCUT2D eigenvalue weighted by molar-refractivity contribution is 6.33. The molecule has 0 unspecified atom stereocenters. The average molecular weight is 260 g/mol. The fourth-order valence-electron chi connectivity index (χ4n) is 1.84. The summed E-state index contributed by atoms with van der Waals surface area (Å²) >= 11 is 6.04. The van der Waals surface area contributed by atoms with Crippen LogP contribution in [-0.4, -0.2) is 19.7 Å². The summed E-state index contributed by atoms with van der Waals surface area (Å²) < 4.78 is 1.65. The summed E-state index contributed by atoms with van der Waals surface area (Å²) in [4.78, 5) is 4.38. The van der Waals surface area contributed by atoms with Crippen LogP contribution in [0.5, 0.6) is 5.75 Å². The Bertz CT molecular complexity index is 708. The predicted octanol–water partition coefficient (Wildman–Crippen LogP) is 2.68. The van der Waals surface area contributed by atoms with Gasteiger partial charge in [-0.25, -0.2) is 9.50 Å². The lowest BCUT2D eigenvalue weighted by Crippen LogP contribution is -1.91. The van der Waals surface area contributed by atoms with Crippen molar-refractivity contribution in [1.82, 2.24) is 14.6 Å². The molecular formula is C13H10ClN3O. The molecule has 3 aromatic rings. The van der Waals surface area contributed by atoms with E-state index in [1.807, 2.05) is 12.1 Å². The fraction of sp³-hybridized carbons (Fsp3) is 0.0769. The van der Waals surface area contributed by atoms with Crippen LogP contribution in [0.3, 0.4) is 0 Å². The molecule has 2 heterocycles. The summed E-state index contributed by atoms with van der Waals surface area (Å²) in [5.41, 5.74) is 1.61. The lowest BCUT2D eigenvalue weighted by molar-refractivity contribution is 0.474. The Morgan fingerprint density at radius 2 is 2.11 bits per heavy atom. The highest BCUT2D eigenvalue weighted by atomic mass is 35.5. The van der Waals surface area contributed by atoms with Crippen molar-refractivity contribution in [1.29, 1.82) is 0 Å². The van der Waals surface area contributed by atoms with Gasteiger partial charge in [0.25, 0.3) is 0 Å². The van der Waals surface area contributed by atoms with Gasteiger partial charge in [-0.15, -0.1) is 0 Å². The molecule has 0 aliphatic carbocycles. The minimum Gasteiger partial charge on any atom is -0.508 e. The first kappa shape index (κ1) is 11.0. The molecule has 0 aliphatic rings. The summed E-state index contributed by atoms with van der Waals surface area (Å²) in [6.45, 7) is 0. The van der Waals surface area contributed by atoms with Gasteiger partial charge in [-0.3, -0.25) is 0 Å². The SMILES string of the molecule is Oc1cccc(Cc2nc3c(Cl)cccn3n2)c1. The zero-order valence-corrected chi connectivity index (χ0v) is 10.2. The van der Waals surface area contributed by atoms with Crippen LogP contribution < -0.4 is 0 Å². The molecule has 0 spiro atoms. The molecule has 0 radical (unpaired) electrons. The lowest BCUT2D eigenvalue weighted by Gasteiger charge is -1.97. The van der Waals surface area contributed by atoms with Gasteiger partial charge >= 0.3 is 0 Å². The van der Waals surface area contributed by atoms with Crippen molar-refractivity contribution >= 4 is 17.2 Å². The van der Waals surface area contributed by atoms with Crippen molar-refractivity contribution in [3.8, 4) is 5.75 Å². The minimum atomic E-state index is 0.245. The molecule has 18 heavy (non-hydrogen) atoms. The number of nitrogens with zero attached hydrogens (tertiary/aromatic N) is 3. The van der Waals surface area contributed by atoms with E-state index in [2.05, 4.69) is 10.1 Å². The van der Waals surface area contributed by atoms with Gasteiger partial charge < -0.3 is 5.11 Å². The monoisotopic (exact) mass is 259 g/mol. The van der Waals surface area contributed by atoms with E-state index in [1.54, 1.807) is 35.0 Å². The Labute approximate surface area is 108 Å². The highest BCUT2D eigenvalue weighted by Crippen LogP contribution is 2.17. The maximum absolute atomic E-state index is 9.41. The number of benzene rings is 1. The molecule has 0 fully saturated rings. The Morgan fingerprint density at radius 1 is 1.22 bits per heavy atom. The van der Waals surface area contributed by atoms with E-state index in [4.69, 9.17) is 11.6 Å². The first-order chi connectivity index (χ1) is 8.72. The molecule has 2 aromatic heterocycles. The first-order valence-corrected chi connectivity index (χ1v) is 5.88. The number of aromatic nitrogens is 3. The average Bonchev–Trinajstić information content (AvgIpc) is 2.73. The number of hydrogen-bond donors (Lipinski definition) is 1. The van der Waals surface area contributed by atoms with Crippen LogP contribution in [0.25, 0.3) is 5.65 Å². The van der Waals surface area contributed by atoms with Gasteiger partial charge in [0.2, 0.25) is 0 Å². The van der Waals surface area contributed by atoms with Gasteiger partial charge in [-0.05, 0) is 29.8 Å². The van der Waals surface area contributed by atoms with Crippen molar-refractivity contribution in [3.05, 3.63) is 59.0 Å². The van der Waals surface area contributed by atoms with Crippen LogP contribution in [0, 0.1) is 0 Å². The normalized spacial score (nSPS) is 10.9. The number of hydrogen-bond acceptors (Lipinski definition) is 3. The fourth-order valence-corrected chi connectivity index (χ4v) is 2.04. The molecule has 90 valence electrons. The second kappa shape index (κ2) is 4.31. The highest BCUT2D eigenvalue weighted by Gasteiger charge is 2.07. The Hall–Kier alpha value is -2.07. The summed E-state index contributed by atoms with van der Waals surface area (Å²) in [5.74, 6) is 0.919. The van der Waals surface area contributed by atoms with Crippen LogP contribution in [0.2, 0.25) is 5.02 Å². The van der Waals surface area contributed by atoms with Crippen molar-refractivity contribution in [2.45, 2.75) is 6.42 Å². The maximum Gasteiger partial charge on any atom is 0.174 e. The predicted molar refractivity (Wildman–Crippen MR) is 68.9 cm³/mol. The van der Waals surface area contributed by atoms with E-state index >= 15 is 0 Å². The van der Waals surface area contributed by atoms with E-state index in [-0.39, 0.29) is 5.75 Å². The molecule has 0 atom stereocenters. The second-order valence-corrected chi connectivity index (χ2v) is 4.41. The summed E-state index contributed by atoms with van der Waals surface area (Å²) in [7, 11) is 0. The molecule has 0 amide bonds. The molecule has 0 bridgehead atoms. The van der Waals surface area contributed by atoms with E-state index < -0.39 is 0 Å². The third kappa shape index (κ3) is 2.02. The zero-order chi connectivity index (χ0) is 12.5. The summed E-state index contributed by atoms with van der Waals surface area (Å²) in [5, 5.41) is 14.3. The van der Waals surface area contributed by atoms with Crippen LogP contribution in [0.4, 0.5) is 0 Å². The van der Waals surface area contributed by atoms with E-state index in [1.165, 1.54) is 0 Å². The van der Waals surface area contributed by atoms with Gasteiger partial charge in [0.15, 0.2) is 11.5 Å². The topological polar surface area (TPSA) is 50.4 Å². The Kier molecular flexibility index (Phi) is 2.64.